The predicted molar refractivity (Wildman–Crippen MR) is 71.1 cm³/mol. The first kappa shape index (κ1) is 14.3. The molecule has 7 nitrogen and oxygen atoms in total. The van der Waals surface area contributed by atoms with Crippen molar-refractivity contribution >= 4 is 0 Å². The maximum absolute atomic E-state index is 9.45. The zero-order valence-corrected chi connectivity index (χ0v) is 11.1. The van der Waals surface area contributed by atoms with Crippen LogP contribution in [0, 0.1) is 0 Å². The molecule has 0 saturated heterocycles. The van der Waals surface area contributed by atoms with Crippen LogP contribution in [0.15, 0.2) is 22.7 Å². The van der Waals surface area contributed by atoms with Crippen LogP contribution in [0.5, 0.6) is 11.5 Å². The molecule has 0 aliphatic rings. The van der Waals surface area contributed by atoms with E-state index in [2.05, 4.69) is 10.1 Å². The summed E-state index contributed by atoms with van der Waals surface area (Å²) in [6.07, 6.45) is 1.48. The summed E-state index contributed by atoms with van der Waals surface area (Å²) in [6, 6.07) is 3.96. The molecular weight excluding hydrogens is 262 g/mol. The molecule has 0 aliphatic carbocycles. The van der Waals surface area contributed by atoms with Gasteiger partial charge in [-0.1, -0.05) is 5.16 Å². The minimum absolute atomic E-state index is 0.200. The highest BCUT2D eigenvalue weighted by Gasteiger charge is 2.16. The molecule has 20 heavy (non-hydrogen) atoms. The van der Waals surface area contributed by atoms with Crippen LogP contribution in [0.25, 0.3) is 11.4 Å². The summed E-state index contributed by atoms with van der Waals surface area (Å²) >= 11 is 0. The molecule has 1 atom stereocenters. The van der Waals surface area contributed by atoms with E-state index < -0.39 is 0 Å². The standard InChI is InChI=1S/C13H17N3O4/c1-19-6-2-3-9(14)13-15-12(16-20-13)8-4-5-10(17)11(18)7-8/h4-5,7,9,17-18H,2-3,6,14H2,1H3. The summed E-state index contributed by atoms with van der Waals surface area (Å²) in [5.41, 5.74) is 6.48. The van der Waals surface area contributed by atoms with Gasteiger partial charge in [0.15, 0.2) is 11.5 Å². The van der Waals surface area contributed by atoms with Crippen LogP contribution >= 0.6 is 0 Å². The van der Waals surface area contributed by atoms with E-state index in [4.69, 9.17) is 15.0 Å². The fourth-order valence-electron chi connectivity index (χ4n) is 1.74. The van der Waals surface area contributed by atoms with Gasteiger partial charge >= 0.3 is 0 Å². The molecule has 0 aliphatic heterocycles. The predicted octanol–water partition coefficient (Wildman–Crippen LogP) is 1.57. The molecular formula is C13H17N3O4. The van der Waals surface area contributed by atoms with Gasteiger partial charge in [-0.25, -0.2) is 0 Å². The number of aromatic hydroxyl groups is 2. The number of methoxy groups -OCH3 is 1. The number of hydrogen-bond acceptors (Lipinski definition) is 7. The van der Waals surface area contributed by atoms with Crippen LogP contribution < -0.4 is 5.73 Å². The molecule has 2 rings (SSSR count). The minimum Gasteiger partial charge on any atom is -0.504 e. The quantitative estimate of drug-likeness (QED) is 0.543. The monoisotopic (exact) mass is 279 g/mol. The minimum atomic E-state index is -0.350. The molecule has 2 aromatic rings. The van der Waals surface area contributed by atoms with Crippen LogP contribution in [-0.2, 0) is 4.74 Å². The lowest BCUT2D eigenvalue weighted by Gasteiger charge is -2.05. The van der Waals surface area contributed by atoms with Gasteiger partial charge in [0.25, 0.3) is 0 Å². The van der Waals surface area contributed by atoms with Gasteiger partial charge in [-0.3, -0.25) is 0 Å². The highest BCUT2D eigenvalue weighted by molar-refractivity contribution is 5.59. The smallest absolute Gasteiger partial charge is 0.243 e. The third-order valence-electron chi connectivity index (χ3n) is 2.86. The van der Waals surface area contributed by atoms with Gasteiger partial charge in [0.1, 0.15) is 0 Å². The summed E-state index contributed by atoms with van der Waals surface area (Å²) < 4.78 is 10.1. The largest absolute Gasteiger partial charge is 0.504 e. The first-order chi connectivity index (χ1) is 9.61. The fourth-order valence-corrected chi connectivity index (χ4v) is 1.74. The van der Waals surface area contributed by atoms with Crippen LogP contribution in [0.2, 0.25) is 0 Å². The molecule has 1 aromatic carbocycles. The number of nitrogens with zero attached hydrogens (tertiary/aromatic N) is 2. The molecule has 0 bridgehead atoms. The molecule has 108 valence electrons. The van der Waals surface area contributed by atoms with Crippen molar-refractivity contribution in [1.82, 2.24) is 10.1 Å². The van der Waals surface area contributed by atoms with E-state index in [-0.39, 0.29) is 17.5 Å². The Labute approximate surface area is 116 Å². The zero-order chi connectivity index (χ0) is 14.5. The Morgan fingerprint density at radius 1 is 1.35 bits per heavy atom. The van der Waals surface area contributed by atoms with Crippen molar-refractivity contribution in [3.8, 4) is 22.9 Å². The topological polar surface area (TPSA) is 115 Å². The third kappa shape index (κ3) is 3.25. The average molecular weight is 279 g/mol. The zero-order valence-electron chi connectivity index (χ0n) is 11.1. The van der Waals surface area contributed by atoms with E-state index in [0.717, 1.165) is 6.42 Å². The first-order valence-electron chi connectivity index (χ1n) is 6.22. The molecule has 0 amide bonds. The Balaban J connectivity index is 2.09. The van der Waals surface area contributed by atoms with Crippen molar-refractivity contribution < 1.29 is 19.5 Å². The van der Waals surface area contributed by atoms with Crippen LogP contribution in [0.4, 0.5) is 0 Å². The van der Waals surface area contributed by atoms with Crippen molar-refractivity contribution in [1.29, 1.82) is 0 Å². The van der Waals surface area contributed by atoms with Gasteiger partial charge in [0.2, 0.25) is 11.7 Å². The number of hydrogen-bond donors (Lipinski definition) is 3. The Bertz CT molecular complexity index is 570. The van der Waals surface area contributed by atoms with Gasteiger partial charge in [-0.2, -0.15) is 4.98 Å². The van der Waals surface area contributed by atoms with E-state index in [1.165, 1.54) is 12.1 Å². The van der Waals surface area contributed by atoms with E-state index >= 15 is 0 Å². The van der Waals surface area contributed by atoms with Crippen LogP contribution in [0.3, 0.4) is 0 Å². The summed E-state index contributed by atoms with van der Waals surface area (Å²) in [4.78, 5) is 4.19. The molecule has 0 radical (unpaired) electrons. The van der Waals surface area contributed by atoms with E-state index in [1.54, 1.807) is 13.2 Å². The summed E-state index contributed by atoms with van der Waals surface area (Å²) in [7, 11) is 1.63. The second-order valence-corrected chi connectivity index (χ2v) is 4.40. The Hall–Kier alpha value is -2.12. The molecule has 0 fully saturated rings. The van der Waals surface area contributed by atoms with Crippen molar-refractivity contribution in [3.05, 3.63) is 24.1 Å². The summed E-state index contributed by atoms with van der Waals surface area (Å²) in [5.74, 6) is 0.216. The Morgan fingerprint density at radius 3 is 2.85 bits per heavy atom. The van der Waals surface area contributed by atoms with E-state index in [0.29, 0.717) is 30.3 Å². The fraction of sp³-hybridized carbons (Fsp3) is 0.385. The number of aromatic nitrogens is 2. The first-order valence-corrected chi connectivity index (χ1v) is 6.22. The number of benzene rings is 1. The van der Waals surface area contributed by atoms with E-state index in [9.17, 15) is 10.2 Å². The third-order valence-corrected chi connectivity index (χ3v) is 2.86. The lowest BCUT2D eigenvalue weighted by atomic mass is 10.1. The Morgan fingerprint density at radius 2 is 2.15 bits per heavy atom. The lowest BCUT2D eigenvalue weighted by Crippen LogP contribution is -2.11. The van der Waals surface area contributed by atoms with Crippen molar-refractivity contribution in [2.45, 2.75) is 18.9 Å². The lowest BCUT2D eigenvalue weighted by molar-refractivity contribution is 0.188. The average Bonchev–Trinajstić information content (AvgIpc) is 2.92. The maximum atomic E-state index is 9.45. The summed E-state index contributed by atoms with van der Waals surface area (Å²) in [6.45, 7) is 0.626. The molecule has 4 N–H and O–H groups in total. The highest BCUT2D eigenvalue weighted by atomic mass is 16.5. The van der Waals surface area contributed by atoms with Crippen molar-refractivity contribution in [2.75, 3.05) is 13.7 Å². The number of ether oxygens (including phenoxy) is 1. The number of phenols is 2. The number of nitrogens with two attached hydrogens (primary N) is 1. The van der Waals surface area contributed by atoms with Crippen LogP contribution in [0.1, 0.15) is 24.8 Å². The van der Waals surface area contributed by atoms with Crippen LogP contribution in [-0.4, -0.2) is 34.1 Å². The van der Waals surface area contributed by atoms with Crippen molar-refractivity contribution in [3.63, 3.8) is 0 Å². The van der Waals surface area contributed by atoms with Gasteiger partial charge in [0.05, 0.1) is 6.04 Å². The molecule has 0 saturated carbocycles. The number of phenolic OH excluding ortho intramolecular Hbond substituents is 2. The molecule has 0 spiro atoms. The van der Waals surface area contributed by atoms with Gasteiger partial charge < -0.3 is 25.2 Å². The van der Waals surface area contributed by atoms with Crippen molar-refractivity contribution in [2.24, 2.45) is 5.73 Å². The second kappa shape index (κ2) is 6.36. The normalized spacial score (nSPS) is 12.5. The SMILES string of the molecule is COCCCC(N)c1nc(-c2ccc(O)c(O)c2)no1. The molecule has 1 aromatic heterocycles. The van der Waals surface area contributed by atoms with E-state index in [1.807, 2.05) is 0 Å². The Kier molecular flexibility index (Phi) is 4.54. The maximum Gasteiger partial charge on any atom is 0.243 e. The molecule has 7 heteroatoms. The second-order valence-electron chi connectivity index (χ2n) is 4.40. The molecule has 1 unspecified atom stereocenters. The van der Waals surface area contributed by atoms with Gasteiger partial charge in [0, 0.05) is 19.3 Å². The molecule has 1 heterocycles. The highest BCUT2D eigenvalue weighted by Crippen LogP contribution is 2.29. The van der Waals surface area contributed by atoms with Gasteiger partial charge in [-0.15, -0.1) is 0 Å². The summed E-state index contributed by atoms with van der Waals surface area (Å²) in [5, 5.41) is 22.5. The number of rotatable bonds is 6. The van der Waals surface area contributed by atoms with Gasteiger partial charge in [-0.05, 0) is 31.0 Å².